The molecule has 0 aliphatic carbocycles. The third-order valence-electron chi connectivity index (χ3n) is 2.60. The van der Waals surface area contributed by atoms with E-state index in [1.807, 2.05) is 0 Å². The molecule has 58 valence electrons. The Morgan fingerprint density at radius 2 is 2.00 bits per heavy atom. The molecule has 0 aromatic rings. The van der Waals surface area contributed by atoms with Gasteiger partial charge >= 0.3 is 0 Å². The Morgan fingerprint density at radius 3 is 2.50 bits per heavy atom. The average Bonchev–Trinajstić information content (AvgIpc) is 2.29. The van der Waals surface area contributed by atoms with Crippen LogP contribution in [0.2, 0.25) is 0 Å². The minimum Gasteiger partial charge on any atom is -0.313 e. The van der Waals surface area contributed by atoms with Gasteiger partial charge in [-0.25, -0.2) is 0 Å². The van der Waals surface area contributed by atoms with Crippen LogP contribution in [0.5, 0.6) is 0 Å². The predicted octanol–water partition coefficient (Wildman–Crippen LogP) is 0.444. The zero-order valence-electron chi connectivity index (χ0n) is 6.47. The molecule has 2 aliphatic heterocycles. The summed E-state index contributed by atoms with van der Waals surface area (Å²) >= 11 is 0. The molecular formula is C8H16N2. The van der Waals surface area contributed by atoms with Crippen LogP contribution in [0.1, 0.15) is 19.3 Å². The van der Waals surface area contributed by atoms with Crippen molar-refractivity contribution < 1.29 is 0 Å². The van der Waals surface area contributed by atoms with E-state index in [9.17, 15) is 0 Å². The molecule has 2 nitrogen and oxygen atoms in total. The van der Waals surface area contributed by atoms with Crippen LogP contribution in [0.15, 0.2) is 0 Å². The van der Waals surface area contributed by atoms with Crippen molar-refractivity contribution in [3.63, 3.8) is 0 Å². The van der Waals surface area contributed by atoms with Crippen LogP contribution in [-0.4, -0.2) is 37.1 Å². The van der Waals surface area contributed by atoms with E-state index in [0.29, 0.717) is 0 Å². The van der Waals surface area contributed by atoms with Gasteiger partial charge in [0.25, 0.3) is 0 Å². The lowest BCUT2D eigenvalue weighted by molar-refractivity contribution is 0.242. The van der Waals surface area contributed by atoms with E-state index >= 15 is 0 Å². The van der Waals surface area contributed by atoms with Crippen molar-refractivity contribution in [3.8, 4) is 0 Å². The molecule has 2 rings (SSSR count). The first-order valence-corrected chi connectivity index (χ1v) is 4.41. The molecule has 2 aliphatic rings. The summed E-state index contributed by atoms with van der Waals surface area (Å²) in [5.74, 6) is 0. The fourth-order valence-corrected chi connectivity index (χ4v) is 1.78. The maximum atomic E-state index is 3.43. The Bertz CT molecular complexity index is 104. The SMILES string of the molecule is C1CCN(C[C@H]2CCN2)C1. The molecule has 0 amide bonds. The van der Waals surface area contributed by atoms with E-state index in [1.165, 1.54) is 45.4 Å². The maximum Gasteiger partial charge on any atom is 0.0207 e. The van der Waals surface area contributed by atoms with Gasteiger partial charge in [0.2, 0.25) is 0 Å². The number of nitrogens with one attached hydrogen (secondary N) is 1. The van der Waals surface area contributed by atoms with E-state index in [1.54, 1.807) is 0 Å². The molecular weight excluding hydrogens is 124 g/mol. The monoisotopic (exact) mass is 140 g/mol. The van der Waals surface area contributed by atoms with Crippen molar-refractivity contribution in [3.05, 3.63) is 0 Å². The minimum atomic E-state index is 0.832. The van der Waals surface area contributed by atoms with Gasteiger partial charge in [0.1, 0.15) is 0 Å². The molecule has 1 atom stereocenters. The predicted molar refractivity (Wildman–Crippen MR) is 42.1 cm³/mol. The van der Waals surface area contributed by atoms with Crippen LogP contribution in [0.4, 0.5) is 0 Å². The third kappa shape index (κ3) is 1.32. The van der Waals surface area contributed by atoms with Crippen molar-refractivity contribution in [2.75, 3.05) is 26.2 Å². The Balaban J connectivity index is 1.68. The Kier molecular flexibility index (Phi) is 1.91. The van der Waals surface area contributed by atoms with Gasteiger partial charge in [-0.15, -0.1) is 0 Å². The van der Waals surface area contributed by atoms with E-state index < -0.39 is 0 Å². The van der Waals surface area contributed by atoms with Crippen LogP contribution in [-0.2, 0) is 0 Å². The topological polar surface area (TPSA) is 15.3 Å². The lowest BCUT2D eigenvalue weighted by atomic mass is 10.1. The molecule has 2 heteroatoms. The fourth-order valence-electron chi connectivity index (χ4n) is 1.78. The molecule has 0 unspecified atom stereocenters. The Labute approximate surface area is 62.6 Å². The zero-order chi connectivity index (χ0) is 6.81. The highest BCUT2D eigenvalue weighted by Gasteiger charge is 2.21. The van der Waals surface area contributed by atoms with E-state index in [-0.39, 0.29) is 0 Å². The second-order valence-corrected chi connectivity index (χ2v) is 3.45. The summed E-state index contributed by atoms with van der Waals surface area (Å²) in [5, 5.41) is 3.43. The van der Waals surface area contributed by atoms with Crippen LogP contribution >= 0.6 is 0 Å². The van der Waals surface area contributed by atoms with Gasteiger partial charge in [-0.2, -0.15) is 0 Å². The van der Waals surface area contributed by atoms with Crippen molar-refractivity contribution >= 4 is 0 Å². The van der Waals surface area contributed by atoms with Crippen LogP contribution in [0, 0.1) is 0 Å². The lowest BCUT2D eigenvalue weighted by Gasteiger charge is -2.31. The molecule has 0 saturated carbocycles. The Hall–Kier alpha value is -0.0800. The molecule has 0 aromatic carbocycles. The second-order valence-electron chi connectivity index (χ2n) is 3.45. The summed E-state index contributed by atoms with van der Waals surface area (Å²) in [5.41, 5.74) is 0. The van der Waals surface area contributed by atoms with Gasteiger partial charge in [-0.3, -0.25) is 0 Å². The third-order valence-corrected chi connectivity index (χ3v) is 2.60. The minimum absolute atomic E-state index is 0.832. The molecule has 2 saturated heterocycles. The van der Waals surface area contributed by atoms with E-state index in [4.69, 9.17) is 0 Å². The van der Waals surface area contributed by atoms with Crippen LogP contribution in [0.3, 0.4) is 0 Å². The van der Waals surface area contributed by atoms with Gasteiger partial charge in [0, 0.05) is 12.6 Å². The Morgan fingerprint density at radius 1 is 1.30 bits per heavy atom. The van der Waals surface area contributed by atoms with Gasteiger partial charge in [0.05, 0.1) is 0 Å². The van der Waals surface area contributed by atoms with Gasteiger partial charge in [-0.05, 0) is 38.9 Å². The first-order chi connectivity index (χ1) is 4.95. The largest absolute Gasteiger partial charge is 0.313 e. The number of likely N-dealkylation sites (tertiary alicyclic amines) is 1. The number of hydrogen-bond donors (Lipinski definition) is 1. The molecule has 0 radical (unpaired) electrons. The van der Waals surface area contributed by atoms with Crippen molar-refractivity contribution in [1.82, 2.24) is 10.2 Å². The molecule has 2 fully saturated rings. The molecule has 0 spiro atoms. The molecule has 10 heavy (non-hydrogen) atoms. The van der Waals surface area contributed by atoms with Crippen molar-refractivity contribution in [1.29, 1.82) is 0 Å². The molecule has 2 heterocycles. The van der Waals surface area contributed by atoms with E-state index in [0.717, 1.165) is 6.04 Å². The van der Waals surface area contributed by atoms with E-state index in [2.05, 4.69) is 10.2 Å². The maximum absolute atomic E-state index is 3.43. The van der Waals surface area contributed by atoms with Gasteiger partial charge < -0.3 is 10.2 Å². The van der Waals surface area contributed by atoms with Gasteiger partial charge in [0.15, 0.2) is 0 Å². The van der Waals surface area contributed by atoms with Crippen molar-refractivity contribution in [2.45, 2.75) is 25.3 Å². The summed E-state index contributed by atoms with van der Waals surface area (Å²) < 4.78 is 0. The van der Waals surface area contributed by atoms with Crippen LogP contribution in [0.25, 0.3) is 0 Å². The molecule has 0 aromatic heterocycles. The zero-order valence-corrected chi connectivity index (χ0v) is 6.47. The number of nitrogens with zero attached hydrogens (tertiary/aromatic N) is 1. The summed E-state index contributed by atoms with van der Waals surface area (Å²) in [6, 6.07) is 0.832. The first kappa shape index (κ1) is 6.62. The lowest BCUT2D eigenvalue weighted by Crippen LogP contribution is -2.49. The number of rotatable bonds is 2. The second kappa shape index (κ2) is 2.89. The summed E-state index contributed by atoms with van der Waals surface area (Å²) in [6.07, 6.45) is 4.25. The normalized spacial score (nSPS) is 34.2. The highest BCUT2D eigenvalue weighted by Crippen LogP contribution is 2.11. The standard InChI is InChI=1S/C8H16N2/c1-2-6-10(5-1)7-8-3-4-9-8/h8-9H,1-7H2/t8-/m1/s1. The molecule has 0 bridgehead atoms. The highest BCUT2D eigenvalue weighted by atomic mass is 15.2. The first-order valence-electron chi connectivity index (χ1n) is 4.41. The van der Waals surface area contributed by atoms with Gasteiger partial charge in [-0.1, -0.05) is 0 Å². The summed E-state index contributed by atoms with van der Waals surface area (Å²) in [7, 11) is 0. The van der Waals surface area contributed by atoms with Crippen molar-refractivity contribution in [2.24, 2.45) is 0 Å². The fraction of sp³-hybridized carbons (Fsp3) is 1.00. The smallest absolute Gasteiger partial charge is 0.0207 e. The number of hydrogen-bond acceptors (Lipinski definition) is 2. The summed E-state index contributed by atoms with van der Waals surface area (Å²) in [6.45, 7) is 5.24. The summed E-state index contributed by atoms with van der Waals surface area (Å²) in [4.78, 5) is 2.58. The highest BCUT2D eigenvalue weighted by molar-refractivity contribution is 4.82. The quantitative estimate of drug-likeness (QED) is 0.599. The van der Waals surface area contributed by atoms with Crippen LogP contribution < -0.4 is 5.32 Å². The average molecular weight is 140 g/mol. The molecule has 1 N–H and O–H groups in total.